The average molecular weight is 437 g/mol. The average Bonchev–Trinajstić information content (AvgIpc) is 2.84. The Morgan fingerprint density at radius 1 is 0.688 bits per heavy atom. The van der Waals surface area contributed by atoms with Crippen LogP contribution in [0.15, 0.2) is 72.8 Å². The zero-order chi connectivity index (χ0) is 23.6. The molecule has 0 unspecified atom stereocenters. The highest BCUT2D eigenvalue weighted by atomic mass is 16.5. The van der Waals surface area contributed by atoms with E-state index >= 15 is 0 Å². The molecule has 2 N–H and O–H groups in total. The number of aliphatic hydroxyl groups is 2. The summed E-state index contributed by atoms with van der Waals surface area (Å²) >= 11 is 0. The second kappa shape index (κ2) is 16.0. The molecule has 0 spiro atoms. The fraction of sp³-hybridized carbons (Fsp3) is 0.154. The van der Waals surface area contributed by atoms with Gasteiger partial charge in [0.2, 0.25) is 0 Å². The van der Waals surface area contributed by atoms with Gasteiger partial charge in [0.1, 0.15) is 0 Å². The van der Waals surface area contributed by atoms with E-state index in [1.54, 1.807) is 24.3 Å². The van der Waals surface area contributed by atoms with Crippen LogP contribution < -0.4 is 0 Å². The molecule has 6 nitrogen and oxygen atoms in total. The first kappa shape index (κ1) is 26.3. The number of hydrogen-bond donors (Lipinski definition) is 2. The first-order valence-corrected chi connectivity index (χ1v) is 9.79. The van der Waals surface area contributed by atoms with Crippen LogP contribution in [0.4, 0.5) is 0 Å². The van der Waals surface area contributed by atoms with Gasteiger partial charge in [0.15, 0.2) is 0 Å². The second-order valence-electron chi connectivity index (χ2n) is 6.22. The Morgan fingerprint density at radius 3 is 1.34 bits per heavy atom. The van der Waals surface area contributed by atoms with Crippen LogP contribution in [-0.4, -0.2) is 49.6 Å². The first-order valence-electron chi connectivity index (χ1n) is 9.79. The van der Waals surface area contributed by atoms with Crippen molar-refractivity contribution in [1.82, 2.24) is 0 Å². The van der Waals surface area contributed by atoms with Crippen LogP contribution in [0.1, 0.15) is 22.3 Å². The second-order valence-corrected chi connectivity index (χ2v) is 6.22. The molecule has 2 rings (SSSR count). The van der Waals surface area contributed by atoms with Crippen molar-refractivity contribution in [1.29, 1.82) is 0 Å². The number of hydrogen-bond acceptors (Lipinski definition) is 6. The van der Waals surface area contributed by atoms with Gasteiger partial charge in [0, 0.05) is 12.2 Å². The van der Waals surface area contributed by atoms with Gasteiger partial charge in [-0.15, -0.1) is 0 Å². The van der Waals surface area contributed by atoms with E-state index in [2.05, 4.69) is 9.47 Å². The van der Waals surface area contributed by atoms with Gasteiger partial charge in [-0.1, -0.05) is 60.7 Å². The number of esters is 2. The molecule has 0 bridgehead atoms. The number of carbonyl (C=O) groups excluding carboxylic acids is 2. The zero-order valence-electron chi connectivity index (χ0n) is 18.2. The number of ether oxygens (including phenoxy) is 2. The van der Waals surface area contributed by atoms with E-state index in [9.17, 15) is 9.59 Å². The summed E-state index contributed by atoms with van der Waals surface area (Å²) in [6.45, 7) is 0.105. The third kappa shape index (κ3) is 11.4. The summed E-state index contributed by atoms with van der Waals surface area (Å²) < 4.78 is 8.99. The highest BCUT2D eigenvalue weighted by Gasteiger charge is 1.95. The maximum atomic E-state index is 10.9. The van der Waals surface area contributed by atoms with Crippen molar-refractivity contribution in [3.05, 3.63) is 95.1 Å². The molecule has 0 aliphatic heterocycles. The van der Waals surface area contributed by atoms with Crippen molar-refractivity contribution in [2.24, 2.45) is 0 Å². The van der Waals surface area contributed by atoms with Gasteiger partial charge < -0.3 is 19.7 Å². The number of aliphatic hydroxyl groups excluding tert-OH is 2. The molecule has 2 aromatic carbocycles. The van der Waals surface area contributed by atoms with Crippen LogP contribution in [0, 0.1) is 0 Å². The summed E-state index contributed by atoms with van der Waals surface area (Å²) in [6, 6.07) is 15.2. The van der Waals surface area contributed by atoms with Crippen molar-refractivity contribution >= 4 is 36.2 Å². The van der Waals surface area contributed by atoms with Gasteiger partial charge in [-0.05, 0) is 46.5 Å². The molecule has 6 heteroatoms. The Labute approximate surface area is 188 Å². The minimum atomic E-state index is -0.412. The molecule has 0 radical (unpaired) electrons. The molecule has 0 aliphatic carbocycles. The third-order valence-electron chi connectivity index (χ3n) is 3.88. The predicted molar refractivity (Wildman–Crippen MR) is 127 cm³/mol. The molecule has 0 amide bonds. The molecule has 0 fully saturated rings. The van der Waals surface area contributed by atoms with Crippen molar-refractivity contribution in [2.45, 2.75) is 0 Å². The number of benzene rings is 2. The lowest BCUT2D eigenvalue weighted by Crippen LogP contribution is -1.93. The minimum absolute atomic E-state index is 0.0523. The number of rotatable bonds is 8. The summed E-state index contributed by atoms with van der Waals surface area (Å²) in [5.41, 5.74) is 3.76. The van der Waals surface area contributed by atoms with E-state index in [1.165, 1.54) is 26.4 Å². The summed E-state index contributed by atoms with van der Waals surface area (Å²) in [5.74, 6) is -0.823. The Bertz CT molecular complexity index is 899. The molecule has 2 aromatic rings. The lowest BCUT2D eigenvalue weighted by atomic mass is 10.1. The van der Waals surface area contributed by atoms with Gasteiger partial charge in [0.25, 0.3) is 0 Å². The molecule has 168 valence electrons. The van der Waals surface area contributed by atoms with E-state index in [4.69, 9.17) is 10.2 Å². The van der Waals surface area contributed by atoms with Crippen LogP contribution in [0.3, 0.4) is 0 Å². The third-order valence-corrected chi connectivity index (χ3v) is 3.88. The molecule has 0 saturated carbocycles. The van der Waals surface area contributed by atoms with E-state index in [1.807, 2.05) is 60.7 Å². The van der Waals surface area contributed by atoms with Crippen molar-refractivity contribution in [2.75, 3.05) is 27.4 Å². The molecule has 32 heavy (non-hydrogen) atoms. The van der Waals surface area contributed by atoms with E-state index in [0.717, 1.165) is 22.3 Å². The Morgan fingerprint density at radius 2 is 1.03 bits per heavy atom. The van der Waals surface area contributed by atoms with Crippen molar-refractivity contribution in [3.63, 3.8) is 0 Å². The molecular weight excluding hydrogens is 408 g/mol. The summed E-state index contributed by atoms with van der Waals surface area (Å²) in [7, 11) is 2.64. The molecule has 0 saturated heterocycles. The molecule has 0 aromatic heterocycles. The number of methoxy groups -OCH3 is 2. The van der Waals surface area contributed by atoms with Gasteiger partial charge in [-0.2, -0.15) is 0 Å². The summed E-state index contributed by atoms with van der Waals surface area (Å²) in [4.78, 5) is 21.9. The van der Waals surface area contributed by atoms with E-state index < -0.39 is 11.9 Å². The van der Waals surface area contributed by atoms with Gasteiger partial charge >= 0.3 is 11.9 Å². The topological polar surface area (TPSA) is 93.1 Å². The Kier molecular flexibility index (Phi) is 13.2. The molecular formula is C26H28O6. The van der Waals surface area contributed by atoms with E-state index in [0.29, 0.717) is 0 Å². The normalized spacial score (nSPS) is 11.1. The first-order chi connectivity index (χ1) is 15.5. The van der Waals surface area contributed by atoms with Crippen LogP contribution in [-0.2, 0) is 19.1 Å². The molecule has 0 atom stereocenters. The fourth-order valence-electron chi connectivity index (χ4n) is 2.37. The SMILES string of the molecule is COC(=O)/C=C/c1cccc(/C=C/C(=O)OC)c1.OC/C=C/c1cccc(/C=C/CO)c1. The monoisotopic (exact) mass is 436 g/mol. The van der Waals surface area contributed by atoms with Gasteiger partial charge in [-0.25, -0.2) is 9.59 Å². The van der Waals surface area contributed by atoms with Crippen LogP contribution in [0.25, 0.3) is 24.3 Å². The summed E-state index contributed by atoms with van der Waals surface area (Å²) in [6.07, 6.45) is 13.0. The standard InChI is InChI=1S/C14H14O4.C12H14O2/c1-17-13(15)8-6-11-4-3-5-12(10-11)7-9-14(16)18-2;13-8-2-6-11-4-1-5-12(10-11)7-3-9-14/h3-10H,1-2H3;1-7,10,13-14H,8-9H2/b8-6+,9-7+;6-2+,7-3+. The smallest absolute Gasteiger partial charge is 0.330 e. The molecule has 0 aliphatic rings. The van der Waals surface area contributed by atoms with Crippen LogP contribution >= 0.6 is 0 Å². The Balaban J connectivity index is 0.000000330. The van der Waals surface area contributed by atoms with Crippen molar-refractivity contribution < 1.29 is 29.3 Å². The number of carbonyl (C=O) groups is 2. The van der Waals surface area contributed by atoms with Crippen LogP contribution in [0.5, 0.6) is 0 Å². The fourth-order valence-corrected chi connectivity index (χ4v) is 2.37. The lowest BCUT2D eigenvalue weighted by molar-refractivity contribution is -0.135. The largest absolute Gasteiger partial charge is 0.466 e. The highest BCUT2D eigenvalue weighted by molar-refractivity contribution is 5.88. The predicted octanol–water partition coefficient (Wildman–Crippen LogP) is 3.76. The van der Waals surface area contributed by atoms with Crippen LogP contribution in [0.2, 0.25) is 0 Å². The lowest BCUT2D eigenvalue weighted by Gasteiger charge is -1.97. The highest BCUT2D eigenvalue weighted by Crippen LogP contribution is 2.09. The maximum Gasteiger partial charge on any atom is 0.330 e. The van der Waals surface area contributed by atoms with Crippen molar-refractivity contribution in [3.8, 4) is 0 Å². The summed E-state index contributed by atoms with van der Waals surface area (Å²) in [5, 5.41) is 17.2. The maximum absolute atomic E-state index is 10.9. The Hall–Kier alpha value is -3.74. The van der Waals surface area contributed by atoms with E-state index in [-0.39, 0.29) is 13.2 Å². The zero-order valence-corrected chi connectivity index (χ0v) is 18.2. The molecule has 0 heterocycles. The quantitative estimate of drug-likeness (QED) is 0.484. The minimum Gasteiger partial charge on any atom is -0.466 e. The van der Waals surface area contributed by atoms with Gasteiger partial charge in [-0.3, -0.25) is 0 Å². The van der Waals surface area contributed by atoms with Gasteiger partial charge in [0.05, 0.1) is 27.4 Å².